The molecule has 2 N–H and O–H groups in total. The fourth-order valence-electron chi connectivity index (χ4n) is 7.45. The second kappa shape index (κ2) is 12.1. The highest BCUT2D eigenvalue weighted by atomic mass is 19.1. The molecule has 0 radical (unpaired) electrons. The molecule has 3 saturated heterocycles. The number of piperazine rings is 1. The predicted octanol–water partition coefficient (Wildman–Crippen LogP) is 4.92. The zero-order chi connectivity index (χ0) is 32.8. The zero-order valence-electron chi connectivity index (χ0n) is 26.2. The standard InChI is InChI=1S/C36H34F2N8O2/c37-21-36(35(48)41-26-8-11-31-30(16-26)33(43-42-31)23-2-6-25(38)7-3-23)12-15-44(22-36)20-32(47)46-19-28-17-29(46)18-45(28)27-9-4-24(5-10-27)34-39-13-1-14-40-34/h1-11,13-14,16,28-29H,12,15,17-22H2,(H,41,48)(H,42,43)/t28-,29-,36?/m0/s1. The van der Waals surface area contributed by atoms with E-state index in [1.807, 2.05) is 21.9 Å². The fourth-order valence-corrected chi connectivity index (χ4v) is 7.45. The number of halogens is 2. The summed E-state index contributed by atoms with van der Waals surface area (Å²) in [5.74, 6) is -0.0422. The number of aromatic nitrogens is 4. The lowest BCUT2D eigenvalue weighted by Gasteiger charge is -2.36. The Morgan fingerprint density at radius 3 is 2.46 bits per heavy atom. The minimum atomic E-state index is -1.25. The van der Waals surface area contributed by atoms with Crippen molar-refractivity contribution >= 4 is 34.1 Å². The normalized spacial score (nSPS) is 22.1. The molecule has 244 valence electrons. The van der Waals surface area contributed by atoms with Gasteiger partial charge < -0.3 is 15.1 Å². The lowest BCUT2D eigenvalue weighted by atomic mass is 9.87. The van der Waals surface area contributed by atoms with Gasteiger partial charge in [0.05, 0.1) is 29.2 Å². The number of benzene rings is 3. The lowest BCUT2D eigenvalue weighted by Crippen LogP contribution is -2.51. The molecule has 3 aliphatic heterocycles. The molecule has 2 aromatic heterocycles. The van der Waals surface area contributed by atoms with E-state index >= 15 is 0 Å². The molecular formula is C36H34F2N8O2. The maximum absolute atomic E-state index is 14.6. The van der Waals surface area contributed by atoms with Crippen molar-refractivity contribution in [3.05, 3.63) is 91.0 Å². The summed E-state index contributed by atoms with van der Waals surface area (Å²) in [5.41, 5.74) is 3.46. The predicted molar refractivity (Wildman–Crippen MR) is 178 cm³/mol. The molecule has 0 saturated carbocycles. The highest BCUT2D eigenvalue weighted by molar-refractivity contribution is 6.00. The van der Waals surface area contributed by atoms with E-state index in [9.17, 15) is 18.4 Å². The van der Waals surface area contributed by atoms with E-state index in [-0.39, 0.29) is 36.9 Å². The van der Waals surface area contributed by atoms with Gasteiger partial charge in [-0.15, -0.1) is 0 Å². The number of aromatic amines is 1. The Balaban J connectivity index is 0.884. The summed E-state index contributed by atoms with van der Waals surface area (Å²) < 4.78 is 28.1. The molecule has 3 atom stereocenters. The smallest absolute Gasteiger partial charge is 0.237 e. The van der Waals surface area contributed by atoms with E-state index in [0.717, 1.165) is 40.7 Å². The first-order valence-electron chi connectivity index (χ1n) is 16.2. The second-order valence-electron chi connectivity index (χ2n) is 13.0. The molecule has 1 unspecified atom stereocenters. The molecule has 3 aliphatic rings. The van der Waals surface area contributed by atoms with Crippen LogP contribution in [0, 0.1) is 11.2 Å². The Labute approximate surface area is 275 Å². The quantitative estimate of drug-likeness (QED) is 0.246. The number of hydrogen-bond acceptors (Lipinski definition) is 7. The molecule has 2 bridgehead atoms. The van der Waals surface area contributed by atoms with Crippen molar-refractivity contribution < 1.29 is 18.4 Å². The number of anilines is 2. The van der Waals surface area contributed by atoms with Gasteiger partial charge in [0, 0.05) is 66.0 Å². The van der Waals surface area contributed by atoms with Gasteiger partial charge in [-0.1, -0.05) is 0 Å². The molecule has 12 heteroatoms. The Morgan fingerprint density at radius 2 is 1.73 bits per heavy atom. The number of H-pyrrole nitrogens is 1. The first kappa shape index (κ1) is 30.1. The van der Waals surface area contributed by atoms with E-state index in [4.69, 9.17) is 0 Å². The van der Waals surface area contributed by atoms with Crippen LogP contribution in [0.3, 0.4) is 0 Å². The average Bonchev–Trinajstić information content (AvgIpc) is 3.93. The van der Waals surface area contributed by atoms with Gasteiger partial charge >= 0.3 is 0 Å². The van der Waals surface area contributed by atoms with Gasteiger partial charge in [-0.2, -0.15) is 5.10 Å². The molecule has 3 fully saturated rings. The molecule has 3 aromatic carbocycles. The maximum Gasteiger partial charge on any atom is 0.237 e. The van der Waals surface area contributed by atoms with Crippen LogP contribution < -0.4 is 10.2 Å². The topological polar surface area (TPSA) is 110 Å². The Hall–Kier alpha value is -5.23. The number of nitrogens with one attached hydrogen (secondary N) is 2. The fraction of sp³-hybridized carbons (Fsp3) is 0.306. The second-order valence-corrected chi connectivity index (χ2v) is 13.0. The first-order valence-corrected chi connectivity index (χ1v) is 16.2. The Bertz CT molecular complexity index is 1970. The van der Waals surface area contributed by atoms with Gasteiger partial charge in [-0.25, -0.2) is 18.7 Å². The van der Waals surface area contributed by atoms with Crippen LogP contribution in [0.5, 0.6) is 0 Å². The highest BCUT2D eigenvalue weighted by Crippen LogP contribution is 2.37. The lowest BCUT2D eigenvalue weighted by molar-refractivity contribution is -0.134. The SMILES string of the molecule is O=C(CN1CCC(CF)(C(=O)Nc2ccc3[nH]nc(-c4ccc(F)cc4)c3c2)C1)N1C[C@@H]2C[C@H]1CN2c1ccc(-c2ncccn2)cc1. The molecule has 48 heavy (non-hydrogen) atoms. The van der Waals surface area contributed by atoms with Gasteiger partial charge in [0.2, 0.25) is 11.8 Å². The summed E-state index contributed by atoms with van der Waals surface area (Å²) in [4.78, 5) is 41.9. The Morgan fingerprint density at radius 1 is 0.958 bits per heavy atom. The van der Waals surface area contributed by atoms with Crippen LogP contribution in [0.2, 0.25) is 0 Å². The van der Waals surface area contributed by atoms with Crippen LogP contribution in [0.25, 0.3) is 33.5 Å². The van der Waals surface area contributed by atoms with Crippen molar-refractivity contribution in [2.24, 2.45) is 5.41 Å². The van der Waals surface area contributed by atoms with Crippen molar-refractivity contribution in [3.8, 4) is 22.6 Å². The van der Waals surface area contributed by atoms with E-state index in [1.165, 1.54) is 12.1 Å². The van der Waals surface area contributed by atoms with E-state index in [0.29, 0.717) is 36.7 Å². The molecular weight excluding hydrogens is 614 g/mol. The van der Waals surface area contributed by atoms with Crippen molar-refractivity contribution in [1.82, 2.24) is 30.0 Å². The van der Waals surface area contributed by atoms with Crippen molar-refractivity contribution in [3.63, 3.8) is 0 Å². The molecule has 0 aliphatic carbocycles. The number of likely N-dealkylation sites (tertiary alicyclic amines) is 2. The number of fused-ring (bicyclic) bond motifs is 3. The van der Waals surface area contributed by atoms with Gasteiger partial charge in [0.1, 0.15) is 12.5 Å². The summed E-state index contributed by atoms with van der Waals surface area (Å²) in [6, 6.07) is 21.7. The van der Waals surface area contributed by atoms with Crippen LogP contribution in [0.4, 0.5) is 20.2 Å². The molecule has 2 amide bonds. The minimum absolute atomic E-state index is 0.0209. The molecule has 5 aromatic rings. The molecule has 8 rings (SSSR count). The Kier molecular flexibility index (Phi) is 7.59. The van der Waals surface area contributed by atoms with Crippen LogP contribution in [-0.4, -0.2) is 93.3 Å². The minimum Gasteiger partial charge on any atom is -0.365 e. The summed E-state index contributed by atoms with van der Waals surface area (Å²) in [6.07, 6.45) is 4.69. The van der Waals surface area contributed by atoms with E-state index in [1.54, 1.807) is 48.8 Å². The summed E-state index contributed by atoms with van der Waals surface area (Å²) in [7, 11) is 0. The molecule has 10 nitrogen and oxygen atoms in total. The van der Waals surface area contributed by atoms with Crippen LogP contribution in [0.15, 0.2) is 85.2 Å². The largest absolute Gasteiger partial charge is 0.365 e. The van der Waals surface area contributed by atoms with Crippen molar-refractivity contribution in [1.29, 1.82) is 0 Å². The number of amides is 2. The summed E-state index contributed by atoms with van der Waals surface area (Å²) in [5, 5.41) is 11.0. The third-order valence-corrected chi connectivity index (χ3v) is 10.1. The highest BCUT2D eigenvalue weighted by Gasteiger charge is 2.48. The number of alkyl halides is 1. The maximum atomic E-state index is 14.6. The van der Waals surface area contributed by atoms with Crippen LogP contribution in [-0.2, 0) is 9.59 Å². The third kappa shape index (κ3) is 5.45. The average molecular weight is 649 g/mol. The van der Waals surface area contributed by atoms with E-state index in [2.05, 4.69) is 42.5 Å². The third-order valence-electron chi connectivity index (χ3n) is 10.1. The van der Waals surface area contributed by atoms with Gasteiger partial charge in [0.15, 0.2) is 5.82 Å². The van der Waals surface area contributed by atoms with E-state index < -0.39 is 18.0 Å². The number of hydrogen-bond donors (Lipinski definition) is 2. The monoisotopic (exact) mass is 648 g/mol. The number of rotatable bonds is 8. The number of nitrogens with zero attached hydrogens (tertiary/aromatic N) is 6. The number of carbonyl (C=O) groups is 2. The van der Waals surface area contributed by atoms with Crippen molar-refractivity contribution in [2.45, 2.75) is 24.9 Å². The molecule has 5 heterocycles. The van der Waals surface area contributed by atoms with Gasteiger partial charge in [-0.3, -0.25) is 19.6 Å². The summed E-state index contributed by atoms with van der Waals surface area (Å²) in [6.45, 7) is 1.37. The van der Waals surface area contributed by atoms with Crippen LogP contribution in [0.1, 0.15) is 12.8 Å². The van der Waals surface area contributed by atoms with Crippen LogP contribution >= 0.6 is 0 Å². The zero-order valence-corrected chi connectivity index (χ0v) is 26.2. The first-order chi connectivity index (χ1) is 23.4. The summed E-state index contributed by atoms with van der Waals surface area (Å²) >= 11 is 0. The number of carbonyl (C=O) groups excluding carboxylic acids is 2. The van der Waals surface area contributed by atoms with Gasteiger partial charge in [0.25, 0.3) is 0 Å². The van der Waals surface area contributed by atoms with Gasteiger partial charge in [-0.05, 0) is 92.2 Å². The van der Waals surface area contributed by atoms with Crippen molar-refractivity contribution in [2.75, 3.05) is 49.6 Å². The molecule has 0 spiro atoms.